The molecule has 0 spiro atoms. The molecule has 0 saturated heterocycles. The molecule has 2 N–H and O–H groups in total. The molecule has 6 nitrogen and oxygen atoms in total. The number of carbonyl (C=O) groups excluding carboxylic acids is 1. The molecular weight excluding hydrogens is 306 g/mol. The number of rotatable bonds is 7. The van der Waals surface area contributed by atoms with Gasteiger partial charge >= 0.3 is 5.97 Å². The van der Waals surface area contributed by atoms with Crippen LogP contribution in [0.25, 0.3) is 0 Å². The fourth-order valence-electron chi connectivity index (χ4n) is 2.76. The monoisotopic (exact) mass is 329 g/mol. The van der Waals surface area contributed by atoms with Crippen molar-refractivity contribution < 1.29 is 14.7 Å². The average Bonchev–Trinajstić information content (AvgIpc) is 2.79. The second-order valence-corrected chi connectivity index (χ2v) is 5.88. The molecule has 2 rings (SSSR count). The topological polar surface area (TPSA) is 84.2 Å². The van der Waals surface area contributed by atoms with Crippen LogP contribution in [0.1, 0.15) is 34.9 Å². The van der Waals surface area contributed by atoms with E-state index < -0.39 is 11.9 Å². The van der Waals surface area contributed by atoms with Gasteiger partial charge in [0.15, 0.2) is 0 Å². The van der Waals surface area contributed by atoms with Crippen LogP contribution in [0, 0.1) is 13.8 Å². The molecule has 1 amide bonds. The number of benzene rings is 1. The Hall–Kier alpha value is -2.63. The van der Waals surface area contributed by atoms with Crippen molar-refractivity contribution in [2.45, 2.75) is 32.6 Å². The number of carbonyl (C=O) groups is 2. The number of amides is 1. The molecule has 1 atom stereocenters. The molecule has 1 heterocycles. The number of aryl methyl sites for hydroxylation is 2. The molecule has 0 aliphatic rings. The molecule has 0 fully saturated rings. The summed E-state index contributed by atoms with van der Waals surface area (Å²) in [7, 11) is 1.88. The van der Waals surface area contributed by atoms with Gasteiger partial charge in [-0.1, -0.05) is 30.3 Å². The zero-order valence-electron chi connectivity index (χ0n) is 14.2. The lowest BCUT2D eigenvalue weighted by molar-refractivity contribution is -0.138. The van der Waals surface area contributed by atoms with Gasteiger partial charge in [0.1, 0.15) is 0 Å². The molecule has 24 heavy (non-hydrogen) atoms. The van der Waals surface area contributed by atoms with E-state index in [1.807, 2.05) is 27.0 Å². The van der Waals surface area contributed by atoms with Crippen molar-refractivity contribution in [1.82, 2.24) is 15.1 Å². The Balaban J connectivity index is 1.91. The predicted molar refractivity (Wildman–Crippen MR) is 90.8 cm³/mol. The van der Waals surface area contributed by atoms with E-state index in [4.69, 9.17) is 0 Å². The quantitative estimate of drug-likeness (QED) is 0.813. The fourth-order valence-corrected chi connectivity index (χ4v) is 2.76. The van der Waals surface area contributed by atoms with E-state index in [0.717, 1.165) is 17.0 Å². The summed E-state index contributed by atoms with van der Waals surface area (Å²) in [4.78, 5) is 23.5. The van der Waals surface area contributed by atoms with Crippen LogP contribution in [0.4, 0.5) is 0 Å². The highest BCUT2D eigenvalue weighted by molar-refractivity contribution is 5.80. The van der Waals surface area contributed by atoms with Gasteiger partial charge in [-0.2, -0.15) is 5.10 Å². The SMILES string of the molecule is Cc1nn(C)c(C)c1CCC(=O)NCC(C(=O)O)c1ccccc1. The zero-order chi connectivity index (χ0) is 17.7. The van der Waals surface area contributed by atoms with Crippen LogP contribution in [0.5, 0.6) is 0 Å². The van der Waals surface area contributed by atoms with Crippen LogP contribution in [0.15, 0.2) is 30.3 Å². The molecule has 2 aromatic rings. The van der Waals surface area contributed by atoms with Crippen molar-refractivity contribution in [3.05, 3.63) is 52.8 Å². The normalized spacial score (nSPS) is 12.0. The van der Waals surface area contributed by atoms with Gasteiger partial charge < -0.3 is 10.4 Å². The van der Waals surface area contributed by atoms with Gasteiger partial charge in [-0.3, -0.25) is 14.3 Å². The maximum absolute atomic E-state index is 12.1. The minimum absolute atomic E-state index is 0.0865. The van der Waals surface area contributed by atoms with Crippen LogP contribution in [0.2, 0.25) is 0 Å². The first-order chi connectivity index (χ1) is 11.4. The van der Waals surface area contributed by atoms with Gasteiger partial charge in [-0.15, -0.1) is 0 Å². The molecule has 0 radical (unpaired) electrons. The number of hydrogen-bond donors (Lipinski definition) is 2. The highest BCUT2D eigenvalue weighted by Gasteiger charge is 2.20. The fraction of sp³-hybridized carbons (Fsp3) is 0.389. The standard InChI is InChI=1S/C18H23N3O3/c1-12-15(13(2)21(3)20-12)9-10-17(22)19-11-16(18(23)24)14-7-5-4-6-8-14/h4-8,16H,9-11H2,1-3H3,(H,19,22)(H,23,24). The van der Waals surface area contributed by atoms with Crippen LogP contribution in [-0.2, 0) is 23.1 Å². The number of nitrogens with zero attached hydrogens (tertiary/aromatic N) is 2. The Labute approximate surface area is 141 Å². The first-order valence-electron chi connectivity index (χ1n) is 7.93. The minimum atomic E-state index is -0.944. The van der Waals surface area contributed by atoms with E-state index in [-0.39, 0.29) is 12.5 Å². The smallest absolute Gasteiger partial charge is 0.312 e. The van der Waals surface area contributed by atoms with E-state index in [9.17, 15) is 14.7 Å². The lowest BCUT2D eigenvalue weighted by Crippen LogP contribution is -2.31. The van der Waals surface area contributed by atoms with Crippen LogP contribution < -0.4 is 5.32 Å². The Bertz CT molecular complexity index is 723. The van der Waals surface area contributed by atoms with E-state index in [1.165, 1.54) is 0 Å². The van der Waals surface area contributed by atoms with Crippen molar-refractivity contribution in [3.8, 4) is 0 Å². The lowest BCUT2D eigenvalue weighted by Gasteiger charge is -2.14. The molecule has 1 unspecified atom stereocenters. The van der Waals surface area contributed by atoms with Crippen molar-refractivity contribution >= 4 is 11.9 Å². The molecule has 0 saturated carbocycles. The Morgan fingerprint density at radius 2 is 1.92 bits per heavy atom. The Morgan fingerprint density at radius 1 is 1.25 bits per heavy atom. The van der Waals surface area contributed by atoms with Gasteiger partial charge in [0.2, 0.25) is 5.91 Å². The summed E-state index contributed by atoms with van der Waals surface area (Å²) in [6.45, 7) is 3.99. The van der Waals surface area contributed by atoms with Gasteiger partial charge in [-0.05, 0) is 31.4 Å². The Kier molecular flexibility index (Phi) is 5.73. The number of carboxylic acids is 1. The van der Waals surface area contributed by atoms with Crippen LogP contribution in [0.3, 0.4) is 0 Å². The number of aliphatic carboxylic acids is 1. The summed E-state index contributed by atoms with van der Waals surface area (Å²) in [5, 5.41) is 16.4. The highest BCUT2D eigenvalue weighted by Crippen LogP contribution is 2.16. The predicted octanol–water partition coefficient (Wildman–Crippen LogP) is 1.95. The van der Waals surface area contributed by atoms with Gasteiger partial charge in [0.05, 0.1) is 11.6 Å². The van der Waals surface area contributed by atoms with Crippen molar-refractivity contribution in [2.75, 3.05) is 6.54 Å². The summed E-state index contributed by atoms with van der Waals surface area (Å²) in [6.07, 6.45) is 0.912. The Morgan fingerprint density at radius 3 is 2.46 bits per heavy atom. The van der Waals surface area contributed by atoms with Crippen molar-refractivity contribution in [2.24, 2.45) is 7.05 Å². The van der Waals surface area contributed by atoms with Crippen LogP contribution >= 0.6 is 0 Å². The van der Waals surface area contributed by atoms with Gasteiger partial charge in [0.25, 0.3) is 0 Å². The summed E-state index contributed by atoms with van der Waals surface area (Å²) >= 11 is 0. The molecule has 128 valence electrons. The lowest BCUT2D eigenvalue weighted by atomic mass is 9.99. The minimum Gasteiger partial charge on any atom is -0.481 e. The third-order valence-corrected chi connectivity index (χ3v) is 4.26. The summed E-state index contributed by atoms with van der Waals surface area (Å²) in [5.74, 6) is -1.84. The van der Waals surface area contributed by atoms with Gasteiger partial charge in [0, 0.05) is 25.7 Å². The zero-order valence-corrected chi connectivity index (χ0v) is 14.2. The first-order valence-corrected chi connectivity index (χ1v) is 7.93. The maximum Gasteiger partial charge on any atom is 0.312 e. The number of carboxylic acid groups (broad SMARTS) is 1. The maximum atomic E-state index is 12.1. The molecular formula is C18H23N3O3. The van der Waals surface area contributed by atoms with E-state index in [1.54, 1.807) is 28.9 Å². The van der Waals surface area contributed by atoms with Crippen molar-refractivity contribution in [3.63, 3.8) is 0 Å². The second-order valence-electron chi connectivity index (χ2n) is 5.88. The summed E-state index contributed by atoms with van der Waals surface area (Å²) in [6, 6.07) is 8.93. The van der Waals surface area contributed by atoms with E-state index >= 15 is 0 Å². The second kappa shape index (κ2) is 7.77. The number of hydrogen-bond acceptors (Lipinski definition) is 3. The summed E-state index contributed by atoms with van der Waals surface area (Å²) in [5.41, 5.74) is 3.73. The third-order valence-electron chi connectivity index (χ3n) is 4.26. The van der Waals surface area contributed by atoms with Crippen LogP contribution in [-0.4, -0.2) is 33.3 Å². The average molecular weight is 329 g/mol. The third kappa shape index (κ3) is 4.22. The summed E-state index contributed by atoms with van der Waals surface area (Å²) < 4.78 is 1.80. The number of nitrogens with one attached hydrogen (secondary N) is 1. The molecule has 0 bridgehead atoms. The van der Waals surface area contributed by atoms with Gasteiger partial charge in [-0.25, -0.2) is 0 Å². The van der Waals surface area contributed by atoms with Crippen molar-refractivity contribution in [1.29, 1.82) is 0 Å². The molecule has 0 aliphatic heterocycles. The largest absolute Gasteiger partial charge is 0.481 e. The molecule has 1 aromatic heterocycles. The molecule has 0 aliphatic carbocycles. The first kappa shape index (κ1) is 17.7. The molecule has 1 aromatic carbocycles. The highest BCUT2D eigenvalue weighted by atomic mass is 16.4. The van der Waals surface area contributed by atoms with E-state index in [2.05, 4.69) is 10.4 Å². The molecule has 6 heteroatoms. The van der Waals surface area contributed by atoms with E-state index in [0.29, 0.717) is 18.4 Å². The number of aromatic nitrogens is 2.